The number of hydrogen-bond donors (Lipinski definition) is 0. The Morgan fingerprint density at radius 2 is 1.82 bits per heavy atom. The molecule has 0 aliphatic carbocycles. The second kappa shape index (κ2) is 8.94. The van der Waals surface area contributed by atoms with Crippen molar-refractivity contribution in [1.82, 2.24) is 8.87 Å². The van der Waals surface area contributed by atoms with Crippen LogP contribution in [0.4, 0.5) is 0 Å². The summed E-state index contributed by atoms with van der Waals surface area (Å²) in [6.07, 6.45) is 1.92. The highest BCUT2D eigenvalue weighted by atomic mass is 32.2. The van der Waals surface area contributed by atoms with Crippen molar-refractivity contribution in [2.75, 3.05) is 6.61 Å². The van der Waals surface area contributed by atoms with E-state index in [9.17, 15) is 8.42 Å². The quantitative estimate of drug-likeness (QED) is 0.514. The number of thiophene rings is 1. The van der Waals surface area contributed by atoms with Crippen LogP contribution in [0.15, 0.2) is 65.0 Å². The molecule has 0 spiro atoms. The minimum Gasteiger partial charge on any atom is -0.493 e. The largest absolute Gasteiger partial charge is 0.493 e. The summed E-state index contributed by atoms with van der Waals surface area (Å²) in [5.41, 5.74) is 0.942. The number of nitrogens with zero attached hydrogens (tertiary/aromatic N) is 2. The fourth-order valence-corrected chi connectivity index (χ4v) is 4.95. The van der Waals surface area contributed by atoms with Gasteiger partial charge in [-0.25, -0.2) is 8.42 Å². The lowest BCUT2D eigenvalue weighted by atomic mass is 10.2. The highest BCUT2D eigenvalue weighted by Crippen LogP contribution is 2.24. The fraction of sp³-hybridized carbons (Fsp3) is 0.333. The monoisotopic (exact) mass is 418 g/mol. The van der Waals surface area contributed by atoms with Crippen LogP contribution < -0.4 is 4.74 Å². The Morgan fingerprint density at radius 1 is 1.07 bits per heavy atom. The minimum absolute atomic E-state index is 0.273. The maximum Gasteiger partial charge on any atom is 0.243 e. The average molecular weight is 419 g/mol. The zero-order valence-corrected chi connectivity index (χ0v) is 18.0. The molecule has 1 aromatic carbocycles. The summed E-state index contributed by atoms with van der Waals surface area (Å²) in [6.45, 7) is 5.41. The molecule has 0 aliphatic heterocycles. The zero-order valence-electron chi connectivity index (χ0n) is 16.4. The number of ether oxygens (including phenoxy) is 1. The van der Waals surface area contributed by atoms with Crippen molar-refractivity contribution < 1.29 is 13.2 Å². The van der Waals surface area contributed by atoms with Crippen molar-refractivity contribution in [3.63, 3.8) is 0 Å². The summed E-state index contributed by atoms with van der Waals surface area (Å²) >= 11 is 1.56. The van der Waals surface area contributed by atoms with Gasteiger partial charge in [0.1, 0.15) is 5.75 Å². The third-order valence-electron chi connectivity index (χ3n) is 4.35. The molecule has 2 heterocycles. The van der Waals surface area contributed by atoms with Gasteiger partial charge in [0.25, 0.3) is 0 Å². The van der Waals surface area contributed by atoms with E-state index in [-0.39, 0.29) is 4.90 Å². The Labute approximate surface area is 171 Å². The first-order chi connectivity index (χ1) is 13.4. The van der Waals surface area contributed by atoms with E-state index >= 15 is 0 Å². The van der Waals surface area contributed by atoms with Gasteiger partial charge in [-0.1, -0.05) is 19.9 Å². The standard InChI is InChI=1S/C21H26N2O3S2/c1-17(2)16-26-19-8-10-21(11-9-19)28(24,25)23(15-20-7-5-13-27-20)14-18-6-4-12-22(18)3/h4-13,17H,14-16H2,1-3H3. The first-order valence-electron chi connectivity index (χ1n) is 9.22. The summed E-state index contributed by atoms with van der Waals surface area (Å²) in [4.78, 5) is 1.28. The van der Waals surface area contributed by atoms with Gasteiger partial charge >= 0.3 is 0 Å². The van der Waals surface area contributed by atoms with Gasteiger partial charge in [-0.3, -0.25) is 0 Å². The molecule has 0 fully saturated rings. The molecule has 150 valence electrons. The Balaban J connectivity index is 1.85. The van der Waals surface area contributed by atoms with Gasteiger partial charge in [-0.2, -0.15) is 4.31 Å². The van der Waals surface area contributed by atoms with Crippen LogP contribution in [0.3, 0.4) is 0 Å². The van der Waals surface area contributed by atoms with Gasteiger partial charge < -0.3 is 9.30 Å². The van der Waals surface area contributed by atoms with E-state index in [1.807, 2.05) is 47.5 Å². The van der Waals surface area contributed by atoms with Crippen molar-refractivity contribution in [1.29, 1.82) is 0 Å². The number of benzene rings is 1. The van der Waals surface area contributed by atoms with Gasteiger partial charge in [0.05, 0.1) is 18.0 Å². The molecule has 28 heavy (non-hydrogen) atoms. The molecule has 0 atom stereocenters. The third-order valence-corrected chi connectivity index (χ3v) is 7.01. The minimum atomic E-state index is -3.65. The molecule has 2 aromatic heterocycles. The van der Waals surface area contributed by atoms with Crippen LogP contribution >= 0.6 is 11.3 Å². The smallest absolute Gasteiger partial charge is 0.243 e. The average Bonchev–Trinajstić information content (AvgIpc) is 3.32. The van der Waals surface area contributed by atoms with Crippen LogP contribution in [-0.4, -0.2) is 23.9 Å². The maximum atomic E-state index is 13.4. The number of rotatable bonds is 9. The second-order valence-electron chi connectivity index (χ2n) is 7.14. The van der Waals surface area contributed by atoms with Crippen LogP contribution in [0.1, 0.15) is 24.4 Å². The summed E-state index contributed by atoms with van der Waals surface area (Å²) in [5.74, 6) is 1.09. The summed E-state index contributed by atoms with van der Waals surface area (Å²) in [7, 11) is -1.72. The van der Waals surface area contributed by atoms with Crippen molar-refractivity contribution in [2.45, 2.75) is 31.8 Å². The van der Waals surface area contributed by atoms with E-state index in [0.29, 0.717) is 31.4 Å². The normalized spacial score (nSPS) is 12.0. The fourth-order valence-electron chi connectivity index (χ4n) is 2.76. The van der Waals surface area contributed by atoms with Gasteiger partial charge in [0.15, 0.2) is 0 Å². The zero-order chi connectivity index (χ0) is 20.1. The summed E-state index contributed by atoms with van der Waals surface area (Å²) in [6, 6.07) is 14.5. The van der Waals surface area contributed by atoms with E-state index in [1.165, 1.54) is 4.31 Å². The Hall–Kier alpha value is -2.09. The maximum absolute atomic E-state index is 13.4. The van der Waals surface area contributed by atoms with Gasteiger partial charge in [0, 0.05) is 30.4 Å². The molecule has 0 saturated carbocycles. The first kappa shape index (κ1) is 20.6. The van der Waals surface area contributed by atoms with Crippen LogP contribution in [0.5, 0.6) is 5.75 Å². The van der Waals surface area contributed by atoms with E-state index in [0.717, 1.165) is 10.6 Å². The molecule has 7 heteroatoms. The Bertz CT molecular complexity index is 975. The first-order valence-corrected chi connectivity index (χ1v) is 11.5. The summed E-state index contributed by atoms with van der Waals surface area (Å²) in [5, 5.41) is 1.96. The molecule has 0 unspecified atom stereocenters. The number of sulfonamides is 1. The molecule has 0 radical (unpaired) electrons. The third kappa shape index (κ3) is 5.04. The van der Waals surface area contributed by atoms with Gasteiger partial charge in [-0.05, 0) is 53.8 Å². The Kier molecular flexibility index (Phi) is 6.59. The van der Waals surface area contributed by atoms with Crippen LogP contribution in [0.2, 0.25) is 0 Å². The van der Waals surface area contributed by atoms with Crippen molar-refractivity contribution in [3.05, 3.63) is 70.7 Å². The Morgan fingerprint density at radius 3 is 2.39 bits per heavy atom. The SMILES string of the molecule is CC(C)COc1ccc(S(=O)(=O)N(Cc2cccs2)Cc2cccn2C)cc1. The summed E-state index contributed by atoms with van der Waals surface area (Å²) < 4.78 is 35.8. The van der Waals surface area contributed by atoms with Crippen molar-refractivity contribution in [3.8, 4) is 5.75 Å². The second-order valence-corrected chi connectivity index (χ2v) is 10.1. The molecule has 0 saturated heterocycles. The highest BCUT2D eigenvalue weighted by molar-refractivity contribution is 7.89. The van der Waals surface area contributed by atoms with Crippen molar-refractivity contribution >= 4 is 21.4 Å². The van der Waals surface area contributed by atoms with Gasteiger partial charge in [0.2, 0.25) is 10.0 Å². The number of aryl methyl sites for hydroxylation is 1. The molecule has 3 aromatic rings. The van der Waals surface area contributed by atoms with E-state index in [2.05, 4.69) is 13.8 Å². The molecular formula is C21H26N2O3S2. The lowest BCUT2D eigenvalue weighted by molar-refractivity contribution is 0.271. The van der Waals surface area contributed by atoms with Crippen LogP contribution in [-0.2, 0) is 30.2 Å². The molecule has 3 rings (SSSR count). The predicted octanol–water partition coefficient (Wildman–Crippen LogP) is 4.51. The number of hydrogen-bond acceptors (Lipinski definition) is 4. The van der Waals surface area contributed by atoms with E-state index in [1.54, 1.807) is 35.6 Å². The highest BCUT2D eigenvalue weighted by Gasteiger charge is 2.26. The van der Waals surface area contributed by atoms with E-state index < -0.39 is 10.0 Å². The topological polar surface area (TPSA) is 51.5 Å². The molecular weight excluding hydrogens is 392 g/mol. The molecule has 5 nitrogen and oxygen atoms in total. The van der Waals surface area contributed by atoms with E-state index in [4.69, 9.17) is 4.74 Å². The predicted molar refractivity (Wildman–Crippen MR) is 113 cm³/mol. The molecule has 0 bridgehead atoms. The lowest BCUT2D eigenvalue weighted by Crippen LogP contribution is -2.30. The number of aromatic nitrogens is 1. The van der Waals surface area contributed by atoms with Crippen molar-refractivity contribution in [2.24, 2.45) is 13.0 Å². The molecule has 0 amide bonds. The van der Waals surface area contributed by atoms with Crippen LogP contribution in [0, 0.1) is 5.92 Å². The van der Waals surface area contributed by atoms with Gasteiger partial charge in [-0.15, -0.1) is 11.3 Å². The molecule has 0 aliphatic rings. The lowest BCUT2D eigenvalue weighted by Gasteiger charge is -2.22. The van der Waals surface area contributed by atoms with Crippen LogP contribution in [0.25, 0.3) is 0 Å². The molecule has 0 N–H and O–H groups in total.